The van der Waals surface area contributed by atoms with Gasteiger partial charge >= 0.3 is 0 Å². The molecule has 1 aliphatic heterocycles. The van der Waals surface area contributed by atoms with Crippen LogP contribution in [0.2, 0.25) is 5.02 Å². The minimum Gasteiger partial charge on any atom is -0.444 e. The fraction of sp³-hybridized carbons (Fsp3) is 0.500. The fourth-order valence-electron chi connectivity index (χ4n) is 3.19. The molecule has 0 unspecified atom stereocenters. The van der Waals surface area contributed by atoms with E-state index in [1.807, 2.05) is 31.2 Å². The number of oxazole rings is 1. The molecule has 0 aliphatic carbocycles. The average Bonchev–Trinajstić information content (AvgIpc) is 2.98. The summed E-state index contributed by atoms with van der Waals surface area (Å²) in [6.07, 6.45) is 1.43. The molecule has 1 aromatic heterocycles. The molecule has 5 nitrogen and oxygen atoms in total. The van der Waals surface area contributed by atoms with Crippen LogP contribution in [0.25, 0.3) is 11.5 Å². The molecule has 3 rings (SSSR count). The van der Waals surface area contributed by atoms with Crippen molar-refractivity contribution in [3.05, 3.63) is 41.2 Å². The second-order valence-electron chi connectivity index (χ2n) is 6.55. The van der Waals surface area contributed by atoms with Crippen LogP contribution >= 0.6 is 11.6 Å². The van der Waals surface area contributed by atoms with E-state index in [1.165, 1.54) is 0 Å². The molecular formula is C18H24ClN3O2. The minimum atomic E-state index is -0.285. The normalized spacial score (nSPS) is 21.1. The van der Waals surface area contributed by atoms with Crippen molar-refractivity contribution in [3.8, 4) is 11.5 Å². The van der Waals surface area contributed by atoms with Gasteiger partial charge < -0.3 is 9.52 Å². The molecule has 24 heavy (non-hydrogen) atoms. The zero-order valence-electron chi connectivity index (χ0n) is 14.2. The van der Waals surface area contributed by atoms with Crippen molar-refractivity contribution in [2.45, 2.75) is 32.5 Å². The largest absolute Gasteiger partial charge is 0.444 e. The lowest BCUT2D eigenvalue weighted by molar-refractivity contribution is 0.0418. The molecule has 6 heteroatoms. The molecule has 1 aromatic carbocycles. The maximum Gasteiger partial charge on any atom is 0.227 e. The third-order valence-electron chi connectivity index (χ3n) is 4.39. The highest BCUT2D eigenvalue weighted by Gasteiger charge is 2.25. The number of nitrogens with zero attached hydrogens (tertiary/aromatic N) is 3. The van der Waals surface area contributed by atoms with Gasteiger partial charge in [0.2, 0.25) is 5.89 Å². The van der Waals surface area contributed by atoms with E-state index in [0.29, 0.717) is 17.0 Å². The van der Waals surface area contributed by atoms with Crippen molar-refractivity contribution >= 4 is 11.6 Å². The second-order valence-corrected chi connectivity index (χ2v) is 6.96. The Morgan fingerprint density at radius 3 is 2.88 bits per heavy atom. The Labute approximate surface area is 147 Å². The van der Waals surface area contributed by atoms with E-state index in [-0.39, 0.29) is 6.10 Å². The summed E-state index contributed by atoms with van der Waals surface area (Å²) in [6.45, 7) is 8.42. The maximum atomic E-state index is 9.57. The standard InChI is InChI=1S/C18H24ClN3O2/c1-13-9-21(7-8-22(13)10-14(2)23)11-15-12-24-18(20-15)16-5-3-4-6-17(16)19/h3-6,12-14,23H,7-11H2,1-2H3/t13-,14-/m1/s1. The molecule has 2 aromatic rings. The smallest absolute Gasteiger partial charge is 0.227 e. The summed E-state index contributed by atoms with van der Waals surface area (Å²) < 4.78 is 5.61. The third kappa shape index (κ3) is 4.16. The summed E-state index contributed by atoms with van der Waals surface area (Å²) in [5.41, 5.74) is 1.74. The van der Waals surface area contributed by atoms with E-state index in [1.54, 1.807) is 6.26 Å². The van der Waals surface area contributed by atoms with Crippen molar-refractivity contribution < 1.29 is 9.52 Å². The summed E-state index contributed by atoms with van der Waals surface area (Å²) in [4.78, 5) is 9.29. The second kappa shape index (κ2) is 7.66. The number of piperazine rings is 1. The molecule has 0 amide bonds. The predicted octanol–water partition coefficient (Wildman–Crippen LogP) is 2.88. The summed E-state index contributed by atoms with van der Waals surface area (Å²) in [5, 5.41) is 10.2. The summed E-state index contributed by atoms with van der Waals surface area (Å²) >= 11 is 6.20. The Morgan fingerprint density at radius 1 is 1.38 bits per heavy atom. The van der Waals surface area contributed by atoms with Gasteiger partial charge in [-0.05, 0) is 26.0 Å². The van der Waals surface area contributed by atoms with Crippen molar-refractivity contribution in [3.63, 3.8) is 0 Å². The van der Waals surface area contributed by atoms with E-state index in [0.717, 1.165) is 44.0 Å². The van der Waals surface area contributed by atoms with E-state index in [4.69, 9.17) is 16.0 Å². The van der Waals surface area contributed by atoms with Gasteiger partial charge in [0.25, 0.3) is 0 Å². The number of aliphatic hydroxyl groups is 1. The number of benzene rings is 1. The number of aromatic nitrogens is 1. The van der Waals surface area contributed by atoms with Crippen LogP contribution < -0.4 is 0 Å². The average molecular weight is 350 g/mol. The Bertz CT molecular complexity index is 674. The van der Waals surface area contributed by atoms with E-state index in [2.05, 4.69) is 21.7 Å². The first-order valence-corrected chi connectivity index (χ1v) is 8.74. The lowest BCUT2D eigenvalue weighted by Crippen LogP contribution is -2.53. The SMILES string of the molecule is C[C@@H]1CN(Cc2coc(-c3ccccc3Cl)n2)CCN1C[C@@H](C)O. The van der Waals surface area contributed by atoms with Crippen molar-refractivity contribution in [2.75, 3.05) is 26.2 Å². The molecule has 130 valence electrons. The lowest BCUT2D eigenvalue weighted by Gasteiger charge is -2.40. The van der Waals surface area contributed by atoms with Gasteiger partial charge in [-0.1, -0.05) is 23.7 Å². The van der Waals surface area contributed by atoms with E-state index >= 15 is 0 Å². The summed E-state index contributed by atoms with van der Waals surface area (Å²) in [6, 6.07) is 7.99. The fourth-order valence-corrected chi connectivity index (χ4v) is 3.41. The van der Waals surface area contributed by atoms with Crippen LogP contribution in [-0.4, -0.2) is 58.2 Å². The van der Waals surface area contributed by atoms with Gasteiger partial charge in [-0.2, -0.15) is 0 Å². The van der Waals surface area contributed by atoms with Crippen molar-refractivity contribution in [1.29, 1.82) is 0 Å². The molecule has 0 radical (unpaired) electrons. The maximum absolute atomic E-state index is 9.57. The highest BCUT2D eigenvalue weighted by atomic mass is 35.5. The molecule has 0 saturated carbocycles. The molecule has 1 saturated heterocycles. The zero-order valence-corrected chi connectivity index (χ0v) is 14.9. The molecule has 0 spiro atoms. The third-order valence-corrected chi connectivity index (χ3v) is 4.72. The molecule has 0 bridgehead atoms. The Morgan fingerprint density at radius 2 is 2.17 bits per heavy atom. The number of hydrogen-bond donors (Lipinski definition) is 1. The van der Waals surface area contributed by atoms with Gasteiger partial charge in [-0.25, -0.2) is 4.98 Å². The monoisotopic (exact) mass is 349 g/mol. The highest BCUT2D eigenvalue weighted by Crippen LogP contribution is 2.27. The first kappa shape index (κ1) is 17.4. The molecule has 2 heterocycles. The minimum absolute atomic E-state index is 0.285. The van der Waals surface area contributed by atoms with E-state index < -0.39 is 0 Å². The first-order valence-electron chi connectivity index (χ1n) is 8.36. The number of β-amino-alcohol motifs (C(OH)–C–C–N with tert-alkyl or cyclic N) is 1. The molecule has 1 aliphatic rings. The Hall–Kier alpha value is -1.40. The van der Waals surface area contributed by atoms with Gasteiger partial charge in [0.15, 0.2) is 0 Å². The van der Waals surface area contributed by atoms with Crippen LogP contribution in [-0.2, 0) is 6.54 Å². The lowest BCUT2D eigenvalue weighted by atomic mass is 10.1. The van der Waals surface area contributed by atoms with Gasteiger partial charge in [-0.3, -0.25) is 9.80 Å². The molecule has 1 N–H and O–H groups in total. The summed E-state index contributed by atoms with van der Waals surface area (Å²) in [7, 11) is 0. The molecule has 2 atom stereocenters. The Kier molecular flexibility index (Phi) is 5.56. The van der Waals surface area contributed by atoms with Gasteiger partial charge in [0.1, 0.15) is 6.26 Å². The highest BCUT2D eigenvalue weighted by molar-refractivity contribution is 6.33. The van der Waals surface area contributed by atoms with Gasteiger partial charge in [-0.15, -0.1) is 0 Å². The van der Waals surface area contributed by atoms with Crippen molar-refractivity contribution in [2.24, 2.45) is 0 Å². The predicted molar refractivity (Wildman–Crippen MR) is 94.9 cm³/mol. The number of halogens is 1. The number of rotatable bonds is 5. The van der Waals surface area contributed by atoms with Crippen molar-refractivity contribution in [1.82, 2.24) is 14.8 Å². The zero-order chi connectivity index (χ0) is 17.1. The number of hydrogen-bond acceptors (Lipinski definition) is 5. The first-order chi connectivity index (χ1) is 11.5. The van der Waals surface area contributed by atoms with Crippen LogP contribution in [0.15, 0.2) is 34.9 Å². The van der Waals surface area contributed by atoms with E-state index in [9.17, 15) is 5.11 Å². The molecule has 1 fully saturated rings. The Balaban J connectivity index is 1.61. The van der Waals surface area contributed by atoms with Crippen LogP contribution in [0, 0.1) is 0 Å². The van der Waals surface area contributed by atoms with Gasteiger partial charge in [0.05, 0.1) is 22.4 Å². The number of aliphatic hydroxyl groups excluding tert-OH is 1. The summed E-state index contributed by atoms with van der Waals surface area (Å²) in [5.74, 6) is 0.566. The molecular weight excluding hydrogens is 326 g/mol. The topological polar surface area (TPSA) is 52.7 Å². The van der Waals surface area contributed by atoms with Crippen LogP contribution in [0.1, 0.15) is 19.5 Å². The quantitative estimate of drug-likeness (QED) is 0.899. The van der Waals surface area contributed by atoms with Gasteiger partial charge in [0, 0.05) is 38.8 Å². The van der Waals surface area contributed by atoms with Crippen LogP contribution in [0.5, 0.6) is 0 Å². The van der Waals surface area contributed by atoms with Crippen LogP contribution in [0.3, 0.4) is 0 Å². The van der Waals surface area contributed by atoms with Crippen LogP contribution in [0.4, 0.5) is 0 Å².